The highest BCUT2D eigenvalue weighted by Crippen LogP contribution is 2.31. The molecule has 0 radical (unpaired) electrons. The highest BCUT2D eigenvalue weighted by molar-refractivity contribution is 6.35. The van der Waals surface area contributed by atoms with E-state index in [1.54, 1.807) is 10.9 Å². The summed E-state index contributed by atoms with van der Waals surface area (Å²) >= 11 is 0. The van der Waals surface area contributed by atoms with Crippen LogP contribution in [0.5, 0.6) is 0 Å². The molecule has 6 nitrogen and oxygen atoms in total. The molecule has 3 amide bonds. The lowest BCUT2D eigenvalue weighted by molar-refractivity contribution is -0.139. The quantitative estimate of drug-likeness (QED) is 0.556. The van der Waals surface area contributed by atoms with Crippen molar-refractivity contribution >= 4 is 17.7 Å². The SMILES string of the molecule is O=C(NNC(=O)c1ccccc1C(F)(F)F)C(=O)NC1CC1. The van der Waals surface area contributed by atoms with E-state index < -0.39 is 35.0 Å². The van der Waals surface area contributed by atoms with E-state index in [1.165, 1.54) is 6.07 Å². The van der Waals surface area contributed by atoms with Gasteiger partial charge in [0.2, 0.25) is 0 Å². The van der Waals surface area contributed by atoms with Gasteiger partial charge in [-0.3, -0.25) is 25.2 Å². The van der Waals surface area contributed by atoms with Crippen LogP contribution in [-0.4, -0.2) is 23.8 Å². The molecule has 22 heavy (non-hydrogen) atoms. The predicted molar refractivity (Wildman–Crippen MR) is 68.2 cm³/mol. The fraction of sp³-hybridized carbons (Fsp3) is 0.308. The molecule has 1 aromatic rings. The standard InChI is InChI=1S/C13H12F3N3O3/c14-13(15,16)9-4-2-1-3-8(9)10(20)18-19-12(22)11(21)17-7-5-6-7/h1-4,7H,5-6H2,(H,17,21)(H,18,20)(H,19,22). The number of benzene rings is 1. The van der Waals surface area contributed by atoms with Gasteiger partial charge in [-0.15, -0.1) is 0 Å². The van der Waals surface area contributed by atoms with Crippen LogP contribution in [-0.2, 0) is 15.8 Å². The highest BCUT2D eigenvalue weighted by atomic mass is 19.4. The molecular formula is C13H12F3N3O3. The summed E-state index contributed by atoms with van der Waals surface area (Å²) < 4.78 is 38.3. The molecule has 0 heterocycles. The maximum atomic E-state index is 12.8. The summed E-state index contributed by atoms with van der Waals surface area (Å²) in [4.78, 5) is 34.4. The number of nitrogens with one attached hydrogen (secondary N) is 3. The average molecular weight is 315 g/mol. The van der Waals surface area contributed by atoms with Crippen molar-refractivity contribution in [2.75, 3.05) is 0 Å². The summed E-state index contributed by atoms with van der Waals surface area (Å²) in [5.41, 5.74) is 1.77. The van der Waals surface area contributed by atoms with E-state index in [1.807, 2.05) is 0 Å². The molecule has 9 heteroatoms. The maximum absolute atomic E-state index is 12.8. The molecule has 1 aromatic carbocycles. The van der Waals surface area contributed by atoms with Crippen molar-refractivity contribution in [3.05, 3.63) is 35.4 Å². The van der Waals surface area contributed by atoms with Crippen molar-refractivity contribution in [1.82, 2.24) is 16.2 Å². The summed E-state index contributed by atoms with van der Waals surface area (Å²) in [5.74, 6) is -3.27. The normalized spacial score (nSPS) is 14.1. The highest BCUT2D eigenvalue weighted by Gasteiger charge is 2.35. The second-order valence-corrected chi connectivity index (χ2v) is 4.70. The molecule has 0 aliphatic heterocycles. The van der Waals surface area contributed by atoms with Crippen molar-refractivity contribution < 1.29 is 27.6 Å². The second-order valence-electron chi connectivity index (χ2n) is 4.70. The van der Waals surface area contributed by atoms with Gasteiger partial charge in [-0.1, -0.05) is 12.1 Å². The van der Waals surface area contributed by atoms with Crippen molar-refractivity contribution in [2.24, 2.45) is 0 Å². The van der Waals surface area contributed by atoms with Crippen molar-refractivity contribution in [3.63, 3.8) is 0 Å². The smallest absolute Gasteiger partial charge is 0.345 e. The number of halogens is 3. The van der Waals surface area contributed by atoms with Crippen LogP contribution in [0.1, 0.15) is 28.8 Å². The molecule has 0 spiro atoms. The lowest BCUT2D eigenvalue weighted by atomic mass is 10.1. The fourth-order valence-electron chi connectivity index (χ4n) is 1.64. The Balaban J connectivity index is 1.97. The van der Waals surface area contributed by atoms with Crippen LogP contribution in [0.4, 0.5) is 13.2 Å². The number of carbonyl (C=O) groups excluding carboxylic acids is 3. The Bertz CT molecular complexity index is 612. The Hall–Kier alpha value is -2.58. The van der Waals surface area contributed by atoms with Crippen molar-refractivity contribution in [1.29, 1.82) is 0 Å². The van der Waals surface area contributed by atoms with E-state index in [-0.39, 0.29) is 6.04 Å². The third-order valence-electron chi connectivity index (χ3n) is 2.89. The Labute approximate surface area is 123 Å². The molecule has 0 atom stereocenters. The van der Waals surface area contributed by atoms with Crippen molar-refractivity contribution in [2.45, 2.75) is 25.1 Å². The Morgan fingerprint density at radius 1 is 1.00 bits per heavy atom. The van der Waals surface area contributed by atoms with Crippen LogP contribution in [0.25, 0.3) is 0 Å². The first-order valence-electron chi connectivity index (χ1n) is 6.36. The van der Waals surface area contributed by atoms with Gasteiger partial charge in [0, 0.05) is 6.04 Å². The van der Waals surface area contributed by atoms with Gasteiger partial charge in [0.15, 0.2) is 0 Å². The van der Waals surface area contributed by atoms with E-state index in [4.69, 9.17) is 0 Å². The first kappa shape index (κ1) is 15.8. The molecular weight excluding hydrogens is 303 g/mol. The van der Waals surface area contributed by atoms with Gasteiger partial charge in [0.25, 0.3) is 5.91 Å². The fourth-order valence-corrected chi connectivity index (χ4v) is 1.64. The average Bonchev–Trinajstić information content (AvgIpc) is 3.27. The lowest BCUT2D eigenvalue weighted by Gasteiger charge is -2.13. The summed E-state index contributed by atoms with van der Waals surface area (Å²) in [6, 6.07) is 4.05. The Kier molecular flexibility index (Phi) is 4.34. The first-order valence-corrected chi connectivity index (χ1v) is 6.36. The van der Waals surface area contributed by atoms with Crippen LogP contribution in [0, 0.1) is 0 Å². The number of hydrogen-bond donors (Lipinski definition) is 3. The van der Waals surface area contributed by atoms with Gasteiger partial charge in [-0.2, -0.15) is 13.2 Å². The monoisotopic (exact) mass is 315 g/mol. The van der Waals surface area contributed by atoms with Crippen LogP contribution >= 0.6 is 0 Å². The zero-order valence-electron chi connectivity index (χ0n) is 11.2. The topological polar surface area (TPSA) is 87.3 Å². The van der Waals surface area contributed by atoms with Gasteiger partial charge in [0.05, 0.1) is 11.1 Å². The van der Waals surface area contributed by atoms with E-state index in [9.17, 15) is 27.6 Å². The maximum Gasteiger partial charge on any atom is 0.417 e. The summed E-state index contributed by atoms with van der Waals surface area (Å²) in [5, 5.41) is 2.37. The molecule has 0 unspecified atom stereocenters. The Morgan fingerprint density at radius 2 is 1.64 bits per heavy atom. The van der Waals surface area contributed by atoms with Crippen LogP contribution < -0.4 is 16.2 Å². The minimum Gasteiger partial charge on any atom is -0.345 e. The lowest BCUT2D eigenvalue weighted by Crippen LogP contribution is -2.49. The van der Waals surface area contributed by atoms with Crippen LogP contribution in [0.2, 0.25) is 0 Å². The molecule has 1 saturated carbocycles. The minimum atomic E-state index is -4.71. The minimum absolute atomic E-state index is 0.0556. The zero-order chi connectivity index (χ0) is 16.3. The zero-order valence-corrected chi connectivity index (χ0v) is 11.2. The number of amides is 3. The van der Waals surface area contributed by atoms with Gasteiger partial charge in [-0.25, -0.2) is 0 Å². The molecule has 118 valence electrons. The van der Waals surface area contributed by atoms with Gasteiger partial charge >= 0.3 is 18.0 Å². The van der Waals surface area contributed by atoms with Crippen LogP contribution in [0.3, 0.4) is 0 Å². The molecule has 1 aliphatic rings. The summed E-state index contributed by atoms with van der Waals surface area (Å²) in [6.45, 7) is 0. The second kappa shape index (κ2) is 6.04. The number of carbonyl (C=O) groups is 3. The Morgan fingerprint density at radius 3 is 2.23 bits per heavy atom. The summed E-state index contributed by atoms with van der Waals surface area (Å²) in [7, 11) is 0. The molecule has 0 saturated heterocycles. The number of hydrazine groups is 1. The third kappa shape index (κ3) is 3.96. The van der Waals surface area contributed by atoms with E-state index >= 15 is 0 Å². The first-order chi connectivity index (χ1) is 10.3. The number of alkyl halides is 3. The van der Waals surface area contributed by atoms with Crippen molar-refractivity contribution in [3.8, 4) is 0 Å². The summed E-state index contributed by atoms with van der Waals surface area (Å²) in [6.07, 6.45) is -3.17. The van der Waals surface area contributed by atoms with E-state index in [0.29, 0.717) is 0 Å². The molecule has 2 rings (SSSR count). The molecule has 0 aromatic heterocycles. The largest absolute Gasteiger partial charge is 0.417 e. The number of rotatable bonds is 2. The molecule has 1 fully saturated rings. The molecule has 0 bridgehead atoms. The van der Waals surface area contributed by atoms with Crippen LogP contribution in [0.15, 0.2) is 24.3 Å². The van der Waals surface area contributed by atoms with Gasteiger partial charge < -0.3 is 5.32 Å². The van der Waals surface area contributed by atoms with E-state index in [0.717, 1.165) is 31.0 Å². The molecule has 3 N–H and O–H groups in total. The third-order valence-corrected chi connectivity index (χ3v) is 2.89. The van der Waals surface area contributed by atoms with E-state index in [2.05, 4.69) is 5.32 Å². The number of hydrogen-bond acceptors (Lipinski definition) is 3. The van der Waals surface area contributed by atoms with Gasteiger partial charge in [0.1, 0.15) is 0 Å². The molecule has 1 aliphatic carbocycles. The predicted octanol–water partition coefficient (Wildman–Crippen LogP) is 0.745. The van der Waals surface area contributed by atoms with Gasteiger partial charge in [-0.05, 0) is 25.0 Å².